The summed E-state index contributed by atoms with van der Waals surface area (Å²) < 4.78 is 11.2. The second-order valence-electron chi connectivity index (χ2n) is 5.54. The third-order valence-corrected chi connectivity index (χ3v) is 4.08. The van der Waals surface area contributed by atoms with Crippen LogP contribution in [0, 0.1) is 11.3 Å². The minimum atomic E-state index is -0.212. The zero-order valence-corrected chi connectivity index (χ0v) is 15.8. The van der Waals surface area contributed by atoms with Gasteiger partial charge in [0, 0.05) is 11.5 Å². The number of hydrogen-bond donors (Lipinski definition) is 1. The average Bonchev–Trinajstić information content (AvgIpc) is 2.60. The van der Waals surface area contributed by atoms with Crippen molar-refractivity contribution in [2.45, 2.75) is 26.3 Å². The maximum atomic E-state index is 9.24. The van der Waals surface area contributed by atoms with Crippen molar-refractivity contribution in [2.75, 3.05) is 19.8 Å². The van der Waals surface area contributed by atoms with E-state index in [1.165, 1.54) is 11.8 Å². The molecule has 0 unspecified atom stereocenters. The monoisotopic (exact) mass is 358 g/mol. The van der Waals surface area contributed by atoms with Gasteiger partial charge in [0.15, 0.2) is 0 Å². The Morgan fingerprint density at radius 3 is 2.80 bits per heavy atom. The number of benzene rings is 1. The largest absolute Gasteiger partial charge is 0.492 e. The van der Waals surface area contributed by atoms with E-state index in [1.807, 2.05) is 26.0 Å². The van der Waals surface area contributed by atoms with Gasteiger partial charge in [-0.2, -0.15) is 5.26 Å². The van der Waals surface area contributed by atoms with Crippen LogP contribution in [-0.2, 0) is 4.74 Å². The maximum Gasteiger partial charge on any atom is 0.121 e. The van der Waals surface area contributed by atoms with E-state index >= 15 is 0 Å². The van der Waals surface area contributed by atoms with Crippen LogP contribution >= 0.6 is 11.8 Å². The zero-order valence-electron chi connectivity index (χ0n) is 15.0. The predicted octanol–water partition coefficient (Wildman–Crippen LogP) is 4.48. The molecule has 0 fully saturated rings. The first-order valence-corrected chi connectivity index (χ1v) is 8.99. The zero-order chi connectivity index (χ0) is 18.7. The molecule has 1 aromatic rings. The highest BCUT2D eigenvalue weighted by Gasteiger charge is 2.09. The number of thioether (sulfide) groups is 1. The van der Waals surface area contributed by atoms with E-state index in [9.17, 15) is 5.26 Å². The number of nitrogens with zero attached hydrogens (tertiary/aromatic N) is 1. The molecule has 0 amide bonds. The van der Waals surface area contributed by atoms with Gasteiger partial charge in [-0.05, 0) is 42.0 Å². The number of nitriles is 1. The summed E-state index contributed by atoms with van der Waals surface area (Å²) in [4.78, 5) is 1.91. The molecule has 0 bridgehead atoms. The quantitative estimate of drug-likeness (QED) is 0.466. The van der Waals surface area contributed by atoms with Gasteiger partial charge in [-0.25, -0.2) is 0 Å². The molecule has 0 aromatic heterocycles. The van der Waals surface area contributed by atoms with Crippen molar-refractivity contribution >= 4 is 16.7 Å². The van der Waals surface area contributed by atoms with Crippen LogP contribution in [0.2, 0.25) is 0 Å². The Kier molecular flexibility index (Phi) is 9.71. The Balaban J connectivity index is 2.78. The van der Waals surface area contributed by atoms with Crippen molar-refractivity contribution in [3.63, 3.8) is 0 Å². The molecule has 0 aliphatic carbocycles. The van der Waals surface area contributed by atoms with Gasteiger partial charge in [-0.15, -0.1) is 0 Å². The molecule has 25 heavy (non-hydrogen) atoms. The standard InChI is InChI=1S/C20H26N2O2S/c1-5-7-15(3)25-16(4)18-9-17(12-21)10-20(11-18)24-14-19(22)13-23-8-6-2/h5,7,9-11,19H,1,4,6,8,13-14,22H2,2-3H3/b15-7-/t19-/m1/s1. The lowest BCUT2D eigenvalue weighted by Gasteiger charge is -2.15. The second kappa shape index (κ2) is 11.5. The minimum Gasteiger partial charge on any atom is -0.492 e. The van der Waals surface area contributed by atoms with E-state index in [1.54, 1.807) is 18.2 Å². The molecular weight excluding hydrogens is 332 g/mol. The molecule has 4 nitrogen and oxygen atoms in total. The third-order valence-electron chi connectivity index (χ3n) is 3.14. The van der Waals surface area contributed by atoms with Gasteiger partial charge in [0.25, 0.3) is 0 Å². The molecule has 0 saturated heterocycles. The molecule has 0 saturated carbocycles. The van der Waals surface area contributed by atoms with E-state index in [2.05, 4.69) is 19.2 Å². The highest BCUT2D eigenvalue weighted by atomic mass is 32.2. The second-order valence-corrected chi connectivity index (χ2v) is 6.88. The molecule has 1 rings (SSSR count). The van der Waals surface area contributed by atoms with Crippen LogP contribution in [-0.4, -0.2) is 25.9 Å². The molecule has 0 radical (unpaired) electrons. The van der Waals surface area contributed by atoms with Crippen LogP contribution in [0.15, 0.2) is 48.4 Å². The number of nitrogens with two attached hydrogens (primary N) is 1. The molecule has 0 aliphatic rings. The van der Waals surface area contributed by atoms with Crippen LogP contribution < -0.4 is 10.5 Å². The third kappa shape index (κ3) is 8.08. The first kappa shape index (κ1) is 21.0. The number of allylic oxidation sites excluding steroid dienone is 3. The fourth-order valence-electron chi connectivity index (χ4n) is 1.99. The highest BCUT2D eigenvalue weighted by molar-refractivity contribution is 8.11. The molecule has 5 heteroatoms. The van der Waals surface area contributed by atoms with Gasteiger partial charge < -0.3 is 15.2 Å². The fourth-order valence-corrected chi connectivity index (χ4v) is 2.78. The van der Waals surface area contributed by atoms with Crippen LogP contribution in [0.5, 0.6) is 5.75 Å². The smallest absolute Gasteiger partial charge is 0.121 e. The van der Waals surface area contributed by atoms with E-state index in [0.717, 1.165) is 21.8 Å². The number of hydrogen-bond acceptors (Lipinski definition) is 5. The molecule has 1 aromatic carbocycles. The highest BCUT2D eigenvalue weighted by Crippen LogP contribution is 2.34. The molecule has 0 aliphatic heterocycles. The van der Waals surface area contributed by atoms with E-state index < -0.39 is 0 Å². The summed E-state index contributed by atoms with van der Waals surface area (Å²) in [5, 5.41) is 9.24. The summed E-state index contributed by atoms with van der Waals surface area (Å²) >= 11 is 1.53. The van der Waals surface area contributed by atoms with E-state index in [-0.39, 0.29) is 6.04 Å². The minimum absolute atomic E-state index is 0.212. The normalized spacial score (nSPS) is 12.3. The van der Waals surface area contributed by atoms with Gasteiger partial charge in [-0.3, -0.25) is 0 Å². The summed E-state index contributed by atoms with van der Waals surface area (Å²) in [5.74, 6) is 0.604. The summed E-state index contributed by atoms with van der Waals surface area (Å²) in [6.07, 6.45) is 4.61. The molecule has 0 heterocycles. The first-order valence-electron chi connectivity index (χ1n) is 8.17. The predicted molar refractivity (Wildman–Crippen MR) is 106 cm³/mol. The summed E-state index contributed by atoms with van der Waals surface area (Å²) in [7, 11) is 0. The Morgan fingerprint density at radius 2 is 2.16 bits per heavy atom. The van der Waals surface area contributed by atoms with Crippen LogP contribution in [0.4, 0.5) is 0 Å². The number of rotatable bonds is 11. The van der Waals surface area contributed by atoms with Gasteiger partial charge in [0.1, 0.15) is 12.4 Å². The fraction of sp³-hybridized carbons (Fsp3) is 0.350. The first-order chi connectivity index (χ1) is 12.0. The van der Waals surface area contributed by atoms with Crippen molar-refractivity contribution in [3.05, 3.63) is 59.5 Å². The van der Waals surface area contributed by atoms with Gasteiger partial charge >= 0.3 is 0 Å². The van der Waals surface area contributed by atoms with Crippen LogP contribution in [0.3, 0.4) is 0 Å². The lowest BCUT2D eigenvalue weighted by Crippen LogP contribution is -2.33. The SMILES string of the molecule is C=C/C=C(/C)SC(=C)c1cc(C#N)cc(OC[C@H](N)COCCC)c1. The molecule has 134 valence electrons. The molecular formula is C20H26N2O2S. The Morgan fingerprint density at radius 1 is 1.40 bits per heavy atom. The van der Waals surface area contributed by atoms with Crippen molar-refractivity contribution in [1.82, 2.24) is 0 Å². The lowest BCUT2D eigenvalue weighted by molar-refractivity contribution is 0.106. The number of ether oxygens (including phenoxy) is 2. The Labute approximate surface area is 155 Å². The Hall–Kier alpha value is -2.00. The van der Waals surface area contributed by atoms with Gasteiger partial charge in [0.05, 0.1) is 24.3 Å². The maximum absolute atomic E-state index is 9.24. The molecule has 2 N–H and O–H groups in total. The summed E-state index contributed by atoms with van der Waals surface area (Å²) in [6.45, 7) is 13.3. The topological polar surface area (TPSA) is 68.3 Å². The van der Waals surface area contributed by atoms with E-state index in [0.29, 0.717) is 31.1 Å². The van der Waals surface area contributed by atoms with Crippen molar-refractivity contribution in [1.29, 1.82) is 5.26 Å². The van der Waals surface area contributed by atoms with Crippen LogP contribution in [0.1, 0.15) is 31.4 Å². The molecule has 0 spiro atoms. The lowest BCUT2D eigenvalue weighted by atomic mass is 10.1. The van der Waals surface area contributed by atoms with Gasteiger partial charge in [0.2, 0.25) is 0 Å². The average molecular weight is 359 g/mol. The Bertz CT molecular complexity index is 662. The van der Waals surface area contributed by atoms with Crippen LogP contribution in [0.25, 0.3) is 4.91 Å². The van der Waals surface area contributed by atoms with Gasteiger partial charge in [-0.1, -0.05) is 44.0 Å². The van der Waals surface area contributed by atoms with Crippen molar-refractivity contribution in [2.24, 2.45) is 5.73 Å². The van der Waals surface area contributed by atoms with E-state index in [4.69, 9.17) is 15.2 Å². The molecule has 1 atom stereocenters. The summed E-state index contributed by atoms with van der Waals surface area (Å²) in [6, 6.07) is 7.31. The summed E-state index contributed by atoms with van der Waals surface area (Å²) in [5.41, 5.74) is 7.35. The van der Waals surface area contributed by atoms with Crippen molar-refractivity contribution < 1.29 is 9.47 Å². The van der Waals surface area contributed by atoms with Crippen molar-refractivity contribution in [3.8, 4) is 11.8 Å².